The van der Waals surface area contributed by atoms with Crippen molar-refractivity contribution in [2.75, 3.05) is 20.2 Å². The van der Waals surface area contributed by atoms with E-state index in [1.54, 1.807) is 68.4 Å². The minimum atomic E-state index is -3.78. The second kappa shape index (κ2) is 10.8. The largest absolute Gasteiger partial charge is 0.495 e. The summed E-state index contributed by atoms with van der Waals surface area (Å²) >= 11 is 6.21. The summed E-state index contributed by atoms with van der Waals surface area (Å²) in [6.07, 6.45) is 1.45. The van der Waals surface area contributed by atoms with Gasteiger partial charge in [0, 0.05) is 30.1 Å². The minimum Gasteiger partial charge on any atom is -0.495 e. The monoisotopic (exact) mass is 539 g/mol. The molecule has 4 rings (SSSR count). The molecule has 0 aliphatic rings. The molecule has 1 heterocycles. The average Bonchev–Trinajstić information content (AvgIpc) is 2.89. The molecule has 0 unspecified atom stereocenters. The maximum Gasteiger partial charge on any atom is 0.265 e. The van der Waals surface area contributed by atoms with E-state index in [4.69, 9.17) is 16.3 Å². The predicted molar refractivity (Wildman–Crippen MR) is 147 cm³/mol. The predicted octanol–water partition coefficient (Wildman–Crippen LogP) is 5.14. The third kappa shape index (κ3) is 4.98. The van der Waals surface area contributed by atoms with Crippen LogP contribution in [0.3, 0.4) is 0 Å². The van der Waals surface area contributed by atoms with Crippen LogP contribution in [0.15, 0.2) is 81.4 Å². The van der Waals surface area contributed by atoms with Crippen molar-refractivity contribution >= 4 is 44.3 Å². The molecule has 0 saturated heterocycles. The number of hydrogen-bond acceptors (Lipinski definition) is 6. The fourth-order valence-corrected chi connectivity index (χ4v) is 5.85. The van der Waals surface area contributed by atoms with E-state index in [9.17, 15) is 18.3 Å². The molecule has 4 aromatic rings. The lowest BCUT2D eigenvalue weighted by Crippen LogP contribution is -2.30. The second-order valence-corrected chi connectivity index (χ2v) is 10.4. The number of hydrogen-bond donors (Lipinski definition) is 1. The van der Waals surface area contributed by atoms with E-state index in [0.717, 1.165) is 4.57 Å². The fourth-order valence-electron chi connectivity index (χ4n) is 4.10. The second-order valence-electron chi connectivity index (χ2n) is 8.09. The molecule has 8 nitrogen and oxygen atoms in total. The first-order valence-corrected chi connectivity index (χ1v) is 13.4. The van der Waals surface area contributed by atoms with Crippen LogP contribution in [0.2, 0.25) is 5.02 Å². The molecule has 0 saturated carbocycles. The molecular weight excluding hydrogens is 514 g/mol. The standard InChI is InChI=1S/C27H26ClN3O5S/c1-4-30(5-2)37(34,35)20-10-8-9-19(16-20)31-26(32)22-12-7-6-11-21(22)23(27(31)33)17-29-18-13-14-25(36-3)24(28)15-18/h6-17,33H,4-5H2,1-3H3. The fraction of sp³-hybridized carbons (Fsp3) is 0.185. The molecule has 1 N–H and O–H groups in total. The highest BCUT2D eigenvalue weighted by molar-refractivity contribution is 7.89. The molecule has 1 aromatic heterocycles. The topological polar surface area (TPSA) is 101 Å². The summed E-state index contributed by atoms with van der Waals surface area (Å²) in [6.45, 7) is 4.12. The Morgan fingerprint density at radius 1 is 1.03 bits per heavy atom. The first-order valence-electron chi connectivity index (χ1n) is 11.6. The van der Waals surface area contributed by atoms with Crippen molar-refractivity contribution in [2.45, 2.75) is 18.7 Å². The lowest BCUT2D eigenvalue weighted by atomic mass is 10.1. The highest BCUT2D eigenvalue weighted by atomic mass is 35.5. The number of rotatable bonds is 8. The van der Waals surface area contributed by atoms with E-state index in [1.165, 1.54) is 29.8 Å². The smallest absolute Gasteiger partial charge is 0.265 e. The number of aromatic hydroxyl groups is 1. The summed E-state index contributed by atoms with van der Waals surface area (Å²) in [7, 11) is -2.27. The van der Waals surface area contributed by atoms with Gasteiger partial charge in [0.25, 0.3) is 5.56 Å². The quantitative estimate of drug-likeness (QED) is 0.312. The summed E-state index contributed by atoms with van der Waals surface area (Å²) in [5, 5.41) is 12.5. The van der Waals surface area contributed by atoms with Crippen molar-refractivity contribution in [1.29, 1.82) is 0 Å². The summed E-state index contributed by atoms with van der Waals surface area (Å²) in [4.78, 5) is 17.9. The Bertz CT molecular complexity index is 1660. The van der Waals surface area contributed by atoms with Gasteiger partial charge < -0.3 is 9.84 Å². The van der Waals surface area contributed by atoms with Gasteiger partial charge >= 0.3 is 0 Å². The maximum absolute atomic E-state index is 13.5. The number of benzene rings is 3. The first-order chi connectivity index (χ1) is 17.7. The lowest BCUT2D eigenvalue weighted by molar-refractivity contribution is 0.415. The van der Waals surface area contributed by atoms with Gasteiger partial charge in [0.15, 0.2) is 0 Å². The third-order valence-corrected chi connectivity index (χ3v) is 8.34. The van der Waals surface area contributed by atoms with Crippen LogP contribution in [0.1, 0.15) is 19.4 Å². The van der Waals surface area contributed by atoms with E-state index in [1.807, 2.05) is 0 Å². The molecule has 10 heteroatoms. The number of halogens is 1. The van der Waals surface area contributed by atoms with Crippen molar-refractivity contribution in [3.8, 4) is 17.3 Å². The molecular formula is C27H26ClN3O5S. The Labute approximate surface area is 220 Å². The number of fused-ring (bicyclic) bond motifs is 1. The van der Waals surface area contributed by atoms with Crippen molar-refractivity contribution in [3.05, 3.63) is 87.7 Å². The van der Waals surface area contributed by atoms with Crippen LogP contribution in [0, 0.1) is 0 Å². The van der Waals surface area contributed by atoms with Gasteiger partial charge in [-0.05, 0) is 42.5 Å². The Kier molecular flexibility index (Phi) is 7.68. The van der Waals surface area contributed by atoms with Crippen LogP contribution >= 0.6 is 11.6 Å². The van der Waals surface area contributed by atoms with Gasteiger partial charge in [-0.2, -0.15) is 4.31 Å². The zero-order valence-corrected chi connectivity index (χ0v) is 22.1. The highest BCUT2D eigenvalue weighted by Gasteiger charge is 2.23. The third-order valence-electron chi connectivity index (χ3n) is 6.00. The summed E-state index contributed by atoms with van der Waals surface area (Å²) in [6, 6.07) is 17.8. The molecule has 0 radical (unpaired) electrons. The molecule has 0 atom stereocenters. The minimum absolute atomic E-state index is 0.0243. The summed E-state index contributed by atoms with van der Waals surface area (Å²) < 4.78 is 33.8. The van der Waals surface area contributed by atoms with Gasteiger partial charge in [0.1, 0.15) is 5.75 Å². The summed E-state index contributed by atoms with van der Waals surface area (Å²) in [5.41, 5.74) is 0.525. The van der Waals surface area contributed by atoms with Crippen molar-refractivity contribution in [2.24, 2.45) is 4.99 Å². The molecule has 0 bridgehead atoms. The van der Waals surface area contributed by atoms with Crippen LogP contribution in [0.4, 0.5) is 5.69 Å². The van der Waals surface area contributed by atoms with Gasteiger partial charge in [-0.3, -0.25) is 9.79 Å². The van der Waals surface area contributed by atoms with Crippen molar-refractivity contribution in [1.82, 2.24) is 8.87 Å². The van der Waals surface area contributed by atoms with Crippen LogP contribution in [-0.4, -0.2) is 48.8 Å². The molecule has 0 fully saturated rings. The average molecular weight is 540 g/mol. The Morgan fingerprint density at radius 3 is 2.38 bits per heavy atom. The van der Waals surface area contributed by atoms with Gasteiger partial charge in [0.05, 0.1) is 34.0 Å². The van der Waals surface area contributed by atoms with E-state index in [-0.39, 0.29) is 16.5 Å². The van der Waals surface area contributed by atoms with E-state index >= 15 is 0 Å². The van der Waals surface area contributed by atoms with Gasteiger partial charge in [-0.15, -0.1) is 0 Å². The SMILES string of the molecule is CCN(CC)S(=O)(=O)c1cccc(-n2c(O)c(C=Nc3ccc(OC)c(Cl)c3)c3ccccc3c2=O)c1. The van der Waals surface area contributed by atoms with Gasteiger partial charge in [-0.25, -0.2) is 13.0 Å². The zero-order valence-electron chi connectivity index (χ0n) is 20.6. The molecule has 0 aliphatic carbocycles. The molecule has 192 valence electrons. The molecule has 3 aromatic carbocycles. The van der Waals surface area contributed by atoms with Crippen LogP contribution in [0.25, 0.3) is 16.5 Å². The maximum atomic E-state index is 13.5. The highest BCUT2D eigenvalue weighted by Crippen LogP contribution is 2.31. The van der Waals surface area contributed by atoms with Crippen LogP contribution in [0.5, 0.6) is 11.6 Å². The van der Waals surface area contributed by atoms with Gasteiger partial charge in [0.2, 0.25) is 15.9 Å². The number of pyridine rings is 1. The van der Waals surface area contributed by atoms with E-state index in [2.05, 4.69) is 4.99 Å². The first kappa shape index (κ1) is 26.4. The van der Waals surface area contributed by atoms with Crippen LogP contribution < -0.4 is 10.3 Å². The number of aliphatic imine (C=N–C) groups is 1. The van der Waals surface area contributed by atoms with Crippen molar-refractivity contribution in [3.63, 3.8) is 0 Å². The normalized spacial score (nSPS) is 12.0. The summed E-state index contributed by atoms with van der Waals surface area (Å²) in [5.74, 6) is 0.131. The van der Waals surface area contributed by atoms with Gasteiger partial charge in [-0.1, -0.05) is 49.7 Å². The number of methoxy groups -OCH3 is 1. The number of aromatic nitrogens is 1. The van der Waals surface area contributed by atoms with E-state index in [0.29, 0.717) is 45.9 Å². The number of ether oxygens (including phenoxy) is 1. The number of sulfonamides is 1. The Balaban J connectivity index is 1.91. The molecule has 37 heavy (non-hydrogen) atoms. The molecule has 0 amide bonds. The Morgan fingerprint density at radius 2 is 1.73 bits per heavy atom. The van der Waals surface area contributed by atoms with E-state index < -0.39 is 15.6 Å². The van der Waals surface area contributed by atoms with Crippen LogP contribution in [-0.2, 0) is 10.0 Å². The van der Waals surface area contributed by atoms with Crippen molar-refractivity contribution < 1.29 is 18.3 Å². The molecule has 0 spiro atoms. The molecule has 0 aliphatic heterocycles. The number of nitrogens with zero attached hydrogens (tertiary/aromatic N) is 3. The Hall–Kier alpha value is -3.66. The lowest BCUT2D eigenvalue weighted by Gasteiger charge is -2.19. The zero-order chi connectivity index (χ0) is 26.7.